The average Bonchev–Trinajstić information content (AvgIpc) is 3.20. The molecule has 7 nitrogen and oxygen atoms in total. The first-order chi connectivity index (χ1) is 12.1. The summed E-state index contributed by atoms with van der Waals surface area (Å²) < 4.78 is 7.20. The van der Waals surface area contributed by atoms with Crippen molar-refractivity contribution in [2.45, 2.75) is 32.6 Å². The zero-order valence-electron chi connectivity index (χ0n) is 14.2. The second-order valence-corrected chi connectivity index (χ2v) is 6.39. The second kappa shape index (κ2) is 6.16. The molecule has 25 heavy (non-hydrogen) atoms. The van der Waals surface area contributed by atoms with Gasteiger partial charge in [-0.1, -0.05) is 11.2 Å². The fourth-order valence-electron chi connectivity index (χ4n) is 3.24. The normalized spacial score (nSPS) is 13.5. The van der Waals surface area contributed by atoms with Gasteiger partial charge in [0.15, 0.2) is 5.69 Å². The Morgan fingerprint density at radius 3 is 2.76 bits per heavy atom. The van der Waals surface area contributed by atoms with Crippen LogP contribution in [0.15, 0.2) is 28.8 Å². The number of carbonyl (C=O) groups is 1. The Balaban J connectivity index is 1.54. The highest BCUT2D eigenvalue weighted by Gasteiger charge is 2.18. The molecule has 0 saturated heterocycles. The maximum Gasteiger partial charge on any atom is 0.322 e. The van der Waals surface area contributed by atoms with Gasteiger partial charge < -0.3 is 4.42 Å². The van der Waals surface area contributed by atoms with E-state index in [1.54, 1.807) is 17.9 Å². The summed E-state index contributed by atoms with van der Waals surface area (Å²) in [6.07, 6.45) is 6.45. The van der Waals surface area contributed by atoms with Crippen LogP contribution in [0.25, 0.3) is 11.5 Å². The fraction of sp³-hybridized carbons (Fsp3) is 0.333. The lowest BCUT2D eigenvalue weighted by atomic mass is 9.90. The third-order valence-corrected chi connectivity index (χ3v) is 4.47. The van der Waals surface area contributed by atoms with E-state index in [9.17, 15) is 4.79 Å². The van der Waals surface area contributed by atoms with Crippen molar-refractivity contribution < 1.29 is 9.21 Å². The first kappa shape index (κ1) is 15.6. The number of benzene rings is 1. The van der Waals surface area contributed by atoms with Crippen LogP contribution in [0.4, 0.5) is 6.01 Å². The lowest BCUT2D eigenvalue weighted by molar-refractivity contribution is 0.101. The topological polar surface area (TPSA) is 85.8 Å². The number of hydrogen-bond donors (Lipinski definition) is 1. The molecule has 128 valence electrons. The fourth-order valence-corrected chi connectivity index (χ4v) is 3.24. The molecular weight excluding hydrogens is 318 g/mol. The van der Waals surface area contributed by atoms with Gasteiger partial charge in [0.1, 0.15) is 0 Å². The number of amides is 1. The molecule has 2 aromatic heterocycles. The highest BCUT2D eigenvalue weighted by Crippen LogP contribution is 2.27. The number of aromatic nitrogens is 4. The molecule has 0 atom stereocenters. The third-order valence-electron chi connectivity index (χ3n) is 4.47. The van der Waals surface area contributed by atoms with Crippen molar-refractivity contribution in [2.75, 3.05) is 5.32 Å². The van der Waals surface area contributed by atoms with E-state index in [0.29, 0.717) is 11.6 Å². The van der Waals surface area contributed by atoms with Crippen molar-refractivity contribution >= 4 is 11.9 Å². The predicted molar refractivity (Wildman–Crippen MR) is 92.3 cm³/mol. The van der Waals surface area contributed by atoms with E-state index in [-0.39, 0.29) is 11.9 Å². The van der Waals surface area contributed by atoms with E-state index in [0.717, 1.165) is 24.0 Å². The first-order valence-corrected chi connectivity index (χ1v) is 8.37. The lowest BCUT2D eigenvalue weighted by Crippen LogP contribution is -2.14. The summed E-state index contributed by atoms with van der Waals surface area (Å²) in [5.41, 5.74) is 4.75. The van der Waals surface area contributed by atoms with E-state index >= 15 is 0 Å². The molecule has 0 bridgehead atoms. The lowest BCUT2D eigenvalue weighted by Gasteiger charge is -2.15. The molecule has 7 heteroatoms. The highest BCUT2D eigenvalue weighted by atomic mass is 16.4. The van der Waals surface area contributed by atoms with E-state index in [1.807, 2.05) is 13.0 Å². The van der Waals surface area contributed by atoms with Crippen LogP contribution in [0.5, 0.6) is 0 Å². The van der Waals surface area contributed by atoms with Crippen molar-refractivity contribution in [2.24, 2.45) is 7.05 Å². The standard InChI is InChI=1S/C18H19N5O2/c1-11-10-23(2)22-15(11)16(24)19-18-21-20-17(25-18)14-8-7-12-5-3-4-6-13(12)9-14/h7-10H,3-6H2,1-2H3,(H,19,21,24). The van der Waals surface area contributed by atoms with Crippen LogP contribution in [-0.4, -0.2) is 25.9 Å². The van der Waals surface area contributed by atoms with Crippen molar-refractivity contribution in [1.82, 2.24) is 20.0 Å². The minimum Gasteiger partial charge on any atom is -0.403 e. The highest BCUT2D eigenvalue weighted by molar-refractivity contribution is 6.02. The van der Waals surface area contributed by atoms with Gasteiger partial charge in [0, 0.05) is 24.4 Å². The van der Waals surface area contributed by atoms with Crippen LogP contribution in [0, 0.1) is 6.92 Å². The van der Waals surface area contributed by atoms with Crippen LogP contribution < -0.4 is 5.32 Å². The molecule has 2 heterocycles. The monoisotopic (exact) mass is 337 g/mol. The Labute approximate surface area is 145 Å². The molecule has 1 aliphatic rings. The number of anilines is 1. The minimum atomic E-state index is -0.362. The van der Waals surface area contributed by atoms with E-state index in [2.05, 4.69) is 32.7 Å². The van der Waals surface area contributed by atoms with Gasteiger partial charge in [-0.2, -0.15) is 5.10 Å². The molecule has 4 rings (SSSR count). The van der Waals surface area contributed by atoms with Crippen molar-refractivity contribution in [3.8, 4) is 11.5 Å². The van der Waals surface area contributed by atoms with Gasteiger partial charge in [0.05, 0.1) is 0 Å². The summed E-state index contributed by atoms with van der Waals surface area (Å²) in [6.45, 7) is 1.83. The molecule has 0 spiro atoms. The molecule has 1 N–H and O–H groups in total. The van der Waals surface area contributed by atoms with E-state index in [1.165, 1.54) is 24.0 Å². The zero-order chi connectivity index (χ0) is 17.4. The van der Waals surface area contributed by atoms with Crippen LogP contribution in [0.2, 0.25) is 0 Å². The molecule has 0 saturated carbocycles. The SMILES string of the molecule is Cc1cn(C)nc1C(=O)Nc1nnc(-c2ccc3c(c2)CCCC3)o1. The van der Waals surface area contributed by atoms with E-state index < -0.39 is 0 Å². The molecular formula is C18H19N5O2. The summed E-state index contributed by atoms with van der Waals surface area (Å²) in [4.78, 5) is 12.3. The number of rotatable bonds is 3. The summed E-state index contributed by atoms with van der Waals surface area (Å²) in [5, 5.41) is 14.7. The number of nitrogens with one attached hydrogen (secondary N) is 1. The van der Waals surface area contributed by atoms with Crippen molar-refractivity contribution in [3.63, 3.8) is 0 Å². The largest absolute Gasteiger partial charge is 0.403 e. The molecule has 0 unspecified atom stereocenters. The number of aryl methyl sites for hydroxylation is 4. The van der Waals surface area contributed by atoms with Gasteiger partial charge >= 0.3 is 6.01 Å². The van der Waals surface area contributed by atoms with Gasteiger partial charge in [-0.3, -0.25) is 14.8 Å². The second-order valence-electron chi connectivity index (χ2n) is 6.39. The maximum absolute atomic E-state index is 12.3. The van der Waals surface area contributed by atoms with Gasteiger partial charge in [0.2, 0.25) is 5.89 Å². The maximum atomic E-state index is 12.3. The van der Waals surface area contributed by atoms with Gasteiger partial charge in [-0.15, -0.1) is 5.10 Å². The molecule has 0 radical (unpaired) electrons. The first-order valence-electron chi connectivity index (χ1n) is 8.37. The number of hydrogen-bond acceptors (Lipinski definition) is 5. The molecule has 1 aromatic carbocycles. The molecule has 1 aliphatic carbocycles. The molecule has 0 fully saturated rings. The summed E-state index contributed by atoms with van der Waals surface area (Å²) in [7, 11) is 1.77. The number of fused-ring (bicyclic) bond motifs is 1. The van der Waals surface area contributed by atoms with Crippen LogP contribution in [-0.2, 0) is 19.9 Å². The quantitative estimate of drug-likeness (QED) is 0.794. The Hall–Kier alpha value is -2.96. The summed E-state index contributed by atoms with van der Waals surface area (Å²) in [5.74, 6) is 0.0418. The Morgan fingerprint density at radius 1 is 1.20 bits per heavy atom. The van der Waals surface area contributed by atoms with Crippen LogP contribution in [0.1, 0.15) is 40.0 Å². The van der Waals surface area contributed by atoms with Crippen molar-refractivity contribution in [1.29, 1.82) is 0 Å². The Kier molecular flexibility index (Phi) is 3.83. The van der Waals surface area contributed by atoms with Crippen molar-refractivity contribution in [3.05, 3.63) is 46.8 Å². The Morgan fingerprint density at radius 2 is 2.00 bits per heavy atom. The summed E-state index contributed by atoms with van der Waals surface area (Å²) >= 11 is 0. The van der Waals surface area contributed by atoms with Gasteiger partial charge in [-0.05, 0) is 55.9 Å². The van der Waals surface area contributed by atoms with E-state index in [4.69, 9.17) is 4.42 Å². The predicted octanol–water partition coefficient (Wildman–Crippen LogP) is 2.91. The van der Waals surface area contributed by atoms with Crippen LogP contribution in [0.3, 0.4) is 0 Å². The zero-order valence-corrected chi connectivity index (χ0v) is 14.2. The van der Waals surface area contributed by atoms with Gasteiger partial charge in [-0.25, -0.2) is 0 Å². The molecule has 1 amide bonds. The average molecular weight is 337 g/mol. The molecule has 0 aliphatic heterocycles. The van der Waals surface area contributed by atoms with Crippen LogP contribution >= 0.6 is 0 Å². The number of carbonyl (C=O) groups excluding carboxylic acids is 1. The minimum absolute atomic E-state index is 0.0720. The Bertz CT molecular complexity index is 941. The smallest absolute Gasteiger partial charge is 0.322 e. The van der Waals surface area contributed by atoms with Gasteiger partial charge in [0.25, 0.3) is 5.91 Å². The number of nitrogens with zero attached hydrogens (tertiary/aromatic N) is 4. The molecule has 3 aromatic rings. The summed E-state index contributed by atoms with van der Waals surface area (Å²) in [6, 6.07) is 6.30. The third kappa shape index (κ3) is 3.05.